The van der Waals surface area contributed by atoms with Crippen molar-refractivity contribution in [2.24, 2.45) is 5.92 Å². The zero-order valence-electron chi connectivity index (χ0n) is 33.1. The van der Waals surface area contributed by atoms with Crippen molar-refractivity contribution in [1.82, 2.24) is 30.3 Å². The van der Waals surface area contributed by atoms with Gasteiger partial charge in [0, 0.05) is 69.2 Å². The first-order chi connectivity index (χ1) is 27.6. The van der Waals surface area contributed by atoms with Crippen molar-refractivity contribution >= 4 is 46.6 Å². The van der Waals surface area contributed by atoms with Gasteiger partial charge in [-0.3, -0.25) is 24.0 Å². The fourth-order valence-corrected chi connectivity index (χ4v) is 7.43. The number of aryl methyl sites for hydroxylation is 1. The summed E-state index contributed by atoms with van der Waals surface area (Å²) in [6.07, 6.45) is 6.17. The molecule has 2 aromatic rings. The van der Waals surface area contributed by atoms with Crippen LogP contribution in [0.15, 0.2) is 24.3 Å². The summed E-state index contributed by atoms with van der Waals surface area (Å²) in [6.45, 7) is 6.66. The van der Waals surface area contributed by atoms with Gasteiger partial charge in [0.2, 0.25) is 11.8 Å². The molecule has 4 aliphatic rings. The number of nitrogens with zero attached hydrogens (tertiary/aromatic N) is 4. The Bertz CT molecular complexity index is 1770. The lowest BCUT2D eigenvalue weighted by atomic mass is 9.93. The number of amides is 5. The predicted molar refractivity (Wildman–Crippen MR) is 207 cm³/mol. The topological polar surface area (TPSA) is 186 Å². The van der Waals surface area contributed by atoms with Crippen LogP contribution in [-0.4, -0.2) is 139 Å². The largest absolute Gasteiger partial charge is 0.483 e. The molecule has 1 saturated carbocycles. The van der Waals surface area contributed by atoms with Crippen LogP contribution in [-0.2, 0) is 33.4 Å². The fourth-order valence-electron chi connectivity index (χ4n) is 7.43. The van der Waals surface area contributed by atoms with E-state index in [-0.39, 0.29) is 87.5 Å². The number of rotatable bonds is 16. The summed E-state index contributed by atoms with van der Waals surface area (Å²) < 4.78 is 22.3. The van der Waals surface area contributed by atoms with E-state index in [4.69, 9.17) is 18.9 Å². The van der Waals surface area contributed by atoms with Gasteiger partial charge in [-0.15, -0.1) is 0 Å². The number of nitrogens with one attached hydrogen (secondary N) is 2. The first-order valence-electron chi connectivity index (χ1n) is 20.5. The van der Waals surface area contributed by atoms with Crippen molar-refractivity contribution < 1.29 is 47.7 Å². The van der Waals surface area contributed by atoms with E-state index >= 15 is 0 Å². The Kier molecular flexibility index (Phi) is 14.6. The van der Waals surface area contributed by atoms with Gasteiger partial charge in [-0.25, -0.2) is 9.78 Å². The second-order valence-electron chi connectivity index (χ2n) is 15.5. The molecule has 0 bridgehead atoms. The molecule has 5 amide bonds. The molecule has 1 aromatic heterocycles. The lowest BCUT2D eigenvalue weighted by Gasteiger charge is -2.36. The molecular formula is C41H56N6O10. The molecule has 57 heavy (non-hydrogen) atoms. The fraction of sp³-hybridized carbons (Fsp3) is 0.634. The van der Waals surface area contributed by atoms with Crippen LogP contribution < -0.4 is 15.4 Å². The van der Waals surface area contributed by atoms with Crippen LogP contribution >= 0.6 is 0 Å². The third-order valence-corrected chi connectivity index (χ3v) is 11.2. The monoisotopic (exact) mass is 792 g/mol. The Morgan fingerprint density at radius 3 is 2.46 bits per heavy atom. The summed E-state index contributed by atoms with van der Waals surface area (Å²) in [5.41, 5.74) is 1.29. The maximum atomic E-state index is 14.0. The van der Waals surface area contributed by atoms with E-state index in [1.54, 1.807) is 26.8 Å². The number of likely N-dealkylation sites (tertiary alicyclic amines) is 1. The predicted octanol–water partition coefficient (Wildman–Crippen LogP) is 3.12. The summed E-state index contributed by atoms with van der Waals surface area (Å²) in [7, 11) is 0. The molecule has 3 saturated heterocycles. The molecule has 3 atom stereocenters. The highest BCUT2D eigenvalue weighted by Gasteiger charge is 2.36. The molecule has 4 heterocycles. The number of carbonyl (C=O) groups excluding carboxylic acids is 6. The van der Waals surface area contributed by atoms with Crippen molar-refractivity contribution in [2.45, 2.75) is 96.2 Å². The maximum Gasteiger partial charge on any atom is 0.409 e. The van der Waals surface area contributed by atoms with Crippen LogP contribution in [0.25, 0.3) is 10.9 Å². The molecule has 0 radical (unpaired) electrons. The Balaban J connectivity index is 1.14. The van der Waals surface area contributed by atoms with E-state index in [1.807, 2.05) is 19.9 Å². The number of carbonyl (C=O) groups is 6. The summed E-state index contributed by atoms with van der Waals surface area (Å²) in [5, 5.41) is 6.45. The molecule has 0 spiro atoms. The summed E-state index contributed by atoms with van der Waals surface area (Å²) in [5.74, 6) is -1.67. The number of hydrogen-bond donors (Lipinski definition) is 2. The van der Waals surface area contributed by atoms with Crippen LogP contribution in [0, 0.1) is 12.8 Å². The van der Waals surface area contributed by atoms with Gasteiger partial charge in [-0.2, -0.15) is 0 Å². The molecule has 2 N–H and O–H groups in total. The standard InChI is InChI=1S/C41H56N6O10/c1-3-4-20-55-41(53)46-18-16-45(17-19-46)40(52)31(12-13-37(49)57-25-28-14-21-54-24-28)44-38(50)33-23-35(30-11-10-27(2)22-32(30)43-33)56-26-36(48)47-15-6-9-34(47)39(51)42-29-7-5-8-29/h10-11,22-23,28-29,31,34H,3-9,12-21,24-26H2,1-2H3,(H,42,51)(H,44,50). The number of piperazine rings is 1. The highest BCUT2D eigenvalue weighted by Crippen LogP contribution is 2.28. The zero-order chi connectivity index (χ0) is 40.3. The number of benzene rings is 1. The van der Waals surface area contributed by atoms with Crippen molar-refractivity contribution in [3.8, 4) is 5.75 Å². The van der Waals surface area contributed by atoms with Gasteiger partial charge in [-0.05, 0) is 76.0 Å². The molecule has 16 nitrogen and oxygen atoms in total. The summed E-state index contributed by atoms with van der Waals surface area (Å²) in [4.78, 5) is 89.1. The van der Waals surface area contributed by atoms with E-state index in [1.165, 1.54) is 6.07 Å². The van der Waals surface area contributed by atoms with E-state index < -0.39 is 36.0 Å². The van der Waals surface area contributed by atoms with E-state index in [0.29, 0.717) is 50.1 Å². The molecule has 1 aliphatic carbocycles. The minimum absolute atomic E-state index is 0.0281. The number of hydrogen-bond acceptors (Lipinski definition) is 11. The SMILES string of the molecule is CCCCOC(=O)N1CCN(C(=O)C(CCC(=O)OCC2CCOC2)NC(=O)c2cc(OCC(=O)N3CCCC3C(=O)NC3CCC3)c3ccc(C)cc3n2)CC1. The zero-order valence-corrected chi connectivity index (χ0v) is 33.1. The highest BCUT2D eigenvalue weighted by atomic mass is 16.6. The van der Waals surface area contributed by atoms with E-state index in [9.17, 15) is 28.8 Å². The third-order valence-electron chi connectivity index (χ3n) is 11.2. The van der Waals surface area contributed by atoms with E-state index in [0.717, 1.165) is 44.1 Å². The Morgan fingerprint density at radius 2 is 1.74 bits per heavy atom. The Labute approximate surface area is 333 Å². The molecule has 310 valence electrons. The van der Waals surface area contributed by atoms with Crippen LogP contribution in [0.5, 0.6) is 5.75 Å². The normalized spacial score (nSPS) is 20.1. The molecule has 6 rings (SSSR count). The van der Waals surface area contributed by atoms with Crippen molar-refractivity contribution in [1.29, 1.82) is 0 Å². The van der Waals surface area contributed by atoms with Gasteiger partial charge < -0.3 is 44.3 Å². The molecule has 4 fully saturated rings. The van der Waals surface area contributed by atoms with Gasteiger partial charge >= 0.3 is 12.1 Å². The Morgan fingerprint density at radius 1 is 0.947 bits per heavy atom. The van der Waals surface area contributed by atoms with Crippen LogP contribution in [0.1, 0.15) is 87.2 Å². The number of esters is 1. The first kappa shape index (κ1) is 41.6. The molecule has 16 heteroatoms. The van der Waals surface area contributed by atoms with Crippen molar-refractivity contribution in [3.63, 3.8) is 0 Å². The van der Waals surface area contributed by atoms with Crippen LogP contribution in [0.3, 0.4) is 0 Å². The van der Waals surface area contributed by atoms with Gasteiger partial charge in [0.25, 0.3) is 11.8 Å². The van der Waals surface area contributed by atoms with Crippen LogP contribution in [0.4, 0.5) is 4.79 Å². The third kappa shape index (κ3) is 11.1. The quantitative estimate of drug-likeness (QED) is 0.188. The van der Waals surface area contributed by atoms with E-state index in [2.05, 4.69) is 15.6 Å². The lowest BCUT2D eigenvalue weighted by Crippen LogP contribution is -2.56. The number of unbranched alkanes of at least 4 members (excludes halogenated alkanes) is 1. The number of fused-ring (bicyclic) bond motifs is 1. The summed E-state index contributed by atoms with van der Waals surface area (Å²) >= 11 is 0. The van der Waals surface area contributed by atoms with Gasteiger partial charge in [0.05, 0.1) is 25.3 Å². The second-order valence-corrected chi connectivity index (χ2v) is 15.5. The average molecular weight is 793 g/mol. The summed E-state index contributed by atoms with van der Waals surface area (Å²) in [6, 6.07) is 5.42. The van der Waals surface area contributed by atoms with Crippen molar-refractivity contribution in [3.05, 3.63) is 35.5 Å². The first-order valence-corrected chi connectivity index (χ1v) is 20.5. The Hall–Kier alpha value is -4.99. The molecular weight excluding hydrogens is 736 g/mol. The molecule has 1 aromatic carbocycles. The van der Waals surface area contributed by atoms with Gasteiger partial charge in [-0.1, -0.05) is 19.4 Å². The maximum absolute atomic E-state index is 14.0. The lowest BCUT2D eigenvalue weighted by molar-refractivity contribution is -0.145. The molecule has 3 unspecified atom stereocenters. The minimum Gasteiger partial charge on any atom is -0.483 e. The number of pyridine rings is 1. The second kappa shape index (κ2) is 19.9. The number of ether oxygens (including phenoxy) is 4. The van der Waals surface area contributed by atoms with Gasteiger partial charge in [0.1, 0.15) is 23.5 Å². The smallest absolute Gasteiger partial charge is 0.409 e. The average Bonchev–Trinajstić information content (AvgIpc) is 3.92. The van der Waals surface area contributed by atoms with Gasteiger partial charge in [0.15, 0.2) is 6.61 Å². The number of aromatic nitrogens is 1. The highest BCUT2D eigenvalue weighted by molar-refractivity contribution is 5.99. The van der Waals surface area contributed by atoms with Crippen LogP contribution in [0.2, 0.25) is 0 Å². The van der Waals surface area contributed by atoms with Crippen molar-refractivity contribution in [2.75, 3.05) is 65.8 Å². The molecule has 3 aliphatic heterocycles. The minimum atomic E-state index is -1.11.